The van der Waals surface area contributed by atoms with Crippen molar-refractivity contribution >= 4 is 0 Å². The molecule has 10 heteroatoms. The van der Waals surface area contributed by atoms with Crippen molar-refractivity contribution in [2.24, 2.45) is 0 Å². The van der Waals surface area contributed by atoms with E-state index < -0.39 is 0 Å². The summed E-state index contributed by atoms with van der Waals surface area (Å²) in [6, 6.07) is 8.48. The fourth-order valence-corrected chi connectivity index (χ4v) is 5.58. The summed E-state index contributed by atoms with van der Waals surface area (Å²) >= 11 is 0. The minimum absolute atomic E-state index is 0.0242. The van der Waals surface area contributed by atoms with Crippen LogP contribution in [0.1, 0.15) is 265 Å². The molecule has 0 aromatic carbocycles. The van der Waals surface area contributed by atoms with Crippen molar-refractivity contribution < 1.29 is 0 Å². The van der Waals surface area contributed by atoms with E-state index in [0.717, 1.165) is 45.8 Å². The molecule has 0 spiro atoms. The Balaban J connectivity index is 0.000000437. The maximum atomic E-state index is 4.52. The van der Waals surface area contributed by atoms with E-state index in [2.05, 4.69) is 282 Å². The summed E-state index contributed by atoms with van der Waals surface area (Å²) in [4.78, 5) is 26.6. The van der Waals surface area contributed by atoms with Crippen LogP contribution in [0, 0.1) is 0 Å². The first-order valence-corrected chi connectivity index (χ1v) is 25.2. The van der Waals surface area contributed by atoms with Crippen molar-refractivity contribution in [3.63, 3.8) is 0 Å². The maximum Gasteiger partial charge on any atom is 0.156 e. The van der Waals surface area contributed by atoms with E-state index in [1.165, 1.54) is 11.1 Å². The quantitative estimate of drug-likeness (QED) is 0.148. The predicted octanol–water partition coefficient (Wildman–Crippen LogP) is 15.4. The Kier molecular flexibility index (Phi) is 21.1. The first kappa shape index (κ1) is 63.4. The van der Waals surface area contributed by atoms with Crippen molar-refractivity contribution in [3.05, 3.63) is 118 Å². The minimum atomic E-state index is -0.0244. The number of nitrogens with zero attached hydrogens (tertiary/aromatic N) is 10. The average Bonchev–Trinajstić information content (AvgIpc) is 3.19. The lowest BCUT2D eigenvalue weighted by Gasteiger charge is -2.22. The van der Waals surface area contributed by atoms with E-state index in [-0.39, 0.29) is 54.1 Å². The van der Waals surface area contributed by atoms with Crippen LogP contribution in [0.15, 0.2) is 61.4 Å². The van der Waals surface area contributed by atoms with Crippen molar-refractivity contribution in [3.8, 4) is 0 Å². The molecule has 5 rings (SSSR count). The number of pyridine rings is 1. The molecule has 0 unspecified atom stereocenters. The van der Waals surface area contributed by atoms with Crippen LogP contribution >= 0.6 is 0 Å². The van der Waals surface area contributed by atoms with E-state index in [0.29, 0.717) is 0 Å². The number of rotatable bonds is 0. The Morgan fingerprint density at radius 1 is 0.200 bits per heavy atom. The third-order valence-electron chi connectivity index (χ3n) is 11.0. The van der Waals surface area contributed by atoms with Gasteiger partial charge in [-0.3, -0.25) is 15.0 Å². The van der Waals surface area contributed by atoms with Crippen molar-refractivity contribution in [2.45, 2.75) is 262 Å². The van der Waals surface area contributed by atoms with Gasteiger partial charge >= 0.3 is 0 Å². The number of aromatic nitrogens is 10. The maximum absolute atomic E-state index is 4.52. The van der Waals surface area contributed by atoms with E-state index in [1.807, 2.05) is 37.2 Å². The zero-order chi connectivity index (χ0) is 54.9. The molecule has 390 valence electrons. The summed E-state index contributed by atoms with van der Waals surface area (Å²) in [6.07, 6.45) is 11.5. The van der Waals surface area contributed by atoms with Crippen LogP contribution in [-0.2, 0) is 54.1 Å². The Bertz CT molecular complexity index is 1720. The molecule has 0 aliphatic rings. The predicted molar refractivity (Wildman–Crippen MR) is 297 cm³/mol. The lowest BCUT2D eigenvalue weighted by molar-refractivity contribution is 0.504. The fourth-order valence-electron chi connectivity index (χ4n) is 5.58. The molecule has 0 saturated heterocycles. The van der Waals surface area contributed by atoms with Gasteiger partial charge in [-0.05, 0) is 40.2 Å². The van der Waals surface area contributed by atoms with Crippen LogP contribution in [0.4, 0.5) is 0 Å². The van der Waals surface area contributed by atoms with Gasteiger partial charge in [-0.25, -0.2) is 15.0 Å². The van der Waals surface area contributed by atoms with Gasteiger partial charge in [0.05, 0.1) is 34.7 Å². The van der Waals surface area contributed by atoms with Crippen LogP contribution < -0.4 is 0 Å². The van der Waals surface area contributed by atoms with Gasteiger partial charge in [0, 0.05) is 80.0 Å². The van der Waals surface area contributed by atoms with Crippen LogP contribution in [-0.4, -0.2) is 50.3 Å². The topological polar surface area (TPSA) is 129 Å². The summed E-state index contributed by atoms with van der Waals surface area (Å²) < 4.78 is 0. The first-order chi connectivity index (χ1) is 31.1. The average molecular weight is 962 g/mol. The Morgan fingerprint density at radius 2 is 0.471 bits per heavy atom. The zero-order valence-electron chi connectivity index (χ0n) is 50.2. The largest absolute Gasteiger partial charge is 0.260 e. The molecule has 0 aliphatic heterocycles. The van der Waals surface area contributed by atoms with Gasteiger partial charge in [0.1, 0.15) is 5.82 Å². The van der Waals surface area contributed by atoms with E-state index in [1.54, 1.807) is 0 Å². The third-order valence-corrected chi connectivity index (χ3v) is 11.0. The zero-order valence-corrected chi connectivity index (χ0v) is 50.2. The summed E-state index contributed by atoms with van der Waals surface area (Å²) in [7, 11) is 0. The highest BCUT2D eigenvalue weighted by atomic mass is 15.2. The lowest BCUT2D eigenvalue weighted by Crippen LogP contribution is -2.21. The third kappa shape index (κ3) is 22.2. The van der Waals surface area contributed by atoms with Gasteiger partial charge in [0.15, 0.2) is 5.82 Å². The van der Waals surface area contributed by atoms with Gasteiger partial charge < -0.3 is 0 Å². The van der Waals surface area contributed by atoms with Gasteiger partial charge in [-0.2, -0.15) is 15.3 Å². The smallest absolute Gasteiger partial charge is 0.156 e. The van der Waals surface area contributed by atoms with Crippen LogP contribution in [0.5, 0.6) is 0 Å². The summed E-state index contributed by atoms with van der Waals surface area (Å²) in [6.45, 7) is 64.4. The number of hydrogen-bond acceptors (Lipinski definition) is 10. The Labute approximate surface area is 428 Å². The lowest BCUT2D eigenvalue weighted by atomic mass is 9.86. The summed E-state index contributed by atoms with van der Waals surface area (Å²) in [5.74, 6) is 1.70. The summed E-state index contributed by atoms with van der Waals surface area (Å²) in [5.41, 5.74) is 9.63. The van der Waals surface area contributed by atoms with E-state index in [9.17, 15) is 0 Å². The monoisotopic (exact) mass is 961 g/mol. The second-order valence-electron chi connectivity index (χ2n) is 29.0. The molecule has 0 bridgehead atoms. The molecule has 0 saturated carbocycles. The Morgan fingerprint density at radius 3 is 0.700 bits per heavy atom. The van der Waals surface area contributed by atoms with Crippen LogP contribution in [0.3, 0.4) is 0 Å². The molecule has 0 atom stereocenters. The van der Waals surface area contributed by atoms with Crippen LogP contribution in [0.2, 0.25) is 0 Å². The second kappa shape index (κ2) is 23.3. The first-order valence-electron chi connectivity index (χ1n) is 25.2. The van der Waals surface area contributed by atoms with Crippen molar-refractivity contribution in [1.29, 1.82) is 0 Å². The molecule has 70 heavy (non-hydrogen) atoms. The van der Waals surface area contributed by atoms with Crippen molar-refractivity contribution in [2.75, 3.05) is 0 Å². The minimum Gasteiger partial charge on any atom is -0.260 e. The highest BCUT2D eigenvalue weighted by molar-refractivity contribution is 5.24. The molecule has 5 aromatic rings. The molecule has 5 aromatic heterocycles. The van der Waals surface area contributed by atoms with Gasteiger partial charge in [-0.15, -0.1) is 5.10 Å². The van der Waals surface area contributed by atoms with E-state index >= 15 is 0 Å². The Hall–Kier alpha value is -4.60. The van der Waals surface area contributed by atoms with Crippen molar-refractivity contribution in [1.82, 2.24) is 50.3 Å². The second-order valence-corrected chi connectivity index (χ2v) is 29.0. The molecule has 0 amide bonds. The highest BCUT2D eigenvalue weighted by Crippen LogP contribution is 2.28. The standard InChI is InChI=1S/C13H21N.3C12H20N2.C11H19N3/c1-12(2,3)10-7-8-11(14-9-10)13(4,5)6;1-11(2,3)9-7-14-10(8-13-9)12(4,5)6;1-11(2,3)9-7-13-10(14-8-9)12(4,5)6;1-11(2,3)9-7-8-10(14-13-9)12(4,5)6;1-10(2,3)8-7-12-9(14-13-8)11(4,5)6/h7-9H,1-6H3;3*7-8H,1-6H3;7H,1-6H3. The molecule has 0 N–H and O–H groups in total. The van der Waals surface area contributed by atoms with Gasteiger partial charge in [0.25, 0.3) is 0 Å². The normalized spacial score (nSPS) is 13.0. The summed E-state index contributed by atoms with van der Waals surface area (Å²) in [5, 5.41) is 16.9. The van der Waals surface area contributed by atoms with Gasteiger partial charge in [0.2, 0.25) is 0 Å². The SMILES string of the molecule is CC(C)(C)c1ccc(C(C)(C)C)nc1.CC(C)(C)c1ccc(C(C)(C)C)nn1.CC(C)(C)c1cnc(C(C)(C)C)cn1.CC(C)(C)c1cnc(C(C)(C)C)nc1.CC(C)(C)c1cnc(C(C)(C)C)nn1. The molecular weight excluding hydrogens is 861 g/mol. The fraction of sp³-hybridized carbons (Fsp3) is 0.667. The van der Waals surface area contributed by atoms with Gasteiger partial charge in [-0.1, -0.05) is 214 Å². The highest BCUT2D eigenvalue weighted by Gasteiger charge is 2.24. The molecule has 0 radical (unpaired) electrons. The molecular formula is C60H100N10. The van der Waals surface area contributed by atoms with E-state index in [4.69, 9.17) is 0 Å². The molecule has 5 heterocycles. The molecule has 0 aliphatic carbocycles. The van der Waals surface area contributed by atoms with Crippen LogP contribution in [0.25, 0.3) is 0 Å². The molecule has 10 nitrogen and oxygen atoms in total. The molecule has 0 fully saturated rings. The number of hydrogen-bond donors (Lipinski definition) is 0.